The molecule has 106 valence electrons. The van der Waals surface area contributed by atoms with Gasteiger partial charge in [0, 0.05) is 41.2 Å². The van der Waals surface area contributed by atoms with Crippen molar-refractivity contribution in [3.8, 4) is 0 Å². The molecule has 0 radical (unpaired) electrons. The molecule has 0 atom stereocenters. The fourth-order valence-corrected chi connectivity index (χ4v) is 2.76. The number of Topliss-reactive ketones (excluding diaryl/α,β-unsaturated/α-hetero) is 1. The van der Waals surface area contributed by atoms with Gasteiger partial charge in [-0.15, -0.1) is 0 Å². The van der Waals surface area contributed by atoms with Crippen LogP contribution in [0.4, 0.5) is 0 Å². The van der Waals surface area contributed by atoms with Gasteiger partial charge >= 0.3 is 0 Å². The van der Waals surface area contributed by atoms with Gasteiger partial charge in [-0.05, 0) is 31.5 Å². The molecule has 0 bridgehead atoms. The van der Waals surface area contributed by atoms with Crippen molar-refractivity contribution < 1.29 is 4.79 Å². The van der Waals surface area contributed by atoms with E-state index in [9.17, 15) is 4.79 Å². The number of halogens is 2. The van der Waals surface area contributed by atoms with E-state index in [2.05, 4.69) is 5.10 Å². The van der Waals surface area contributed by atoms with E-state index >= 15 is 0 Å². The summed E-state index contributed by atoms with van der Waals surface area (Å²) in [5.74, 6) is 0.0826. The maximum Gasteiger partial charge on any atom is 0.141 e. The van der Waals surface area contributed by atoms with E-state index in [1.807, 2.05) is 20.9 Å². The Morgan fingerprint density at radius 1 is 1.15 bits per heavy atom. The summed E-state index contributed by atoms with van der Waals surface area (Å²) in [7, 11) is 1.88. The number of carbonyl (C=O) groups excluding carboxylic acids is 1. The summed E-state index contributed by atoms with van der Waals surface area (Å²) in [4.78, 5) is 12.2. The quantitative estimate of drug-likeness (QED) is 0.863. The van der Waals surface area contributed by atoms with Crippen LogP contribution in [0, 0.1) is 13.8 Å². The first-order valence-corrected chi connectivity index (χ1v) is 7.09. The van der Waals surface area contributed by atoms with Crippen LogP contribution in [0.25, 0.3) is 0 Å². The molecule has 0 fully saturated rings. The number of carbonyl (C=O) groups is 1. The van der Waals surface area contributed by atoms with Gasteiger partial charge in [0.2, 0.25) is 0 Å². The first kappa shape index (κ1) is 15.1. The zero-order chi connectivity index (χ0) is 14.9. The molecular weight excluding hydrogens is 295 g/mol. The highest BCUT2D eigenvalue weighted by molar-refractivity contribution is 6.36. The molecule has 2 aromatic rings. The Morgan fingerprint density at radius 2 is 1.70 bits per heavy atom. The second kappa shape index (κ2) is 5.98. The van der Waals surface area contributed by atoms with Gasteiger partial charge in [0.15, 0.2) is 0 Å². The lowest BCUT2D eigenvalue weighted by Gasteiger charge is -2.06. The molecule has 0 amide bonds. The van der Waals surface area contributed by atoms with Crippen LogP contribution in [0.1, 0.15) is 22.5 Å². The van der Waals surface area contributed by atoms with Gasteiger partial charge < -0.3 is 0 Å². The van der Waals surface area contributed by atoms with Crippen LogP contribution in [0.15, 0.2) is 18.2 Å². The van der Waals surface area contributed by atoms with Crippen LogP contribution in [-0.2, 0) is 24.7 Å². The molecule has 20 heavy (non-hydrogen) atoms. The molecule has 0 aliphatic carbocycles. The molecule has 5 heteroatoms. The van der Waals surface area contributed by atoms with Crippen molar-refractivity contribution in [3.05, 3.63) is 50.8 Å². The standard InChI is InChI=1S/C15H16Cl2N2O/c1-9-12(10(2)19(3)18-9)7-11(20)8-13-14(16)5-4-6-15(13)17/h4-6H,7-8H2,1-3H3. The molecule has 0 aliphatic heterocycles. The zero-order valence-corrected chi connectivity index (χ0v) is 13.2. The van der Waals surface area contributed by atoms with Gasteiger partial charge in [0.05, 0.1) is 5.69 Å². The fourth-order valence-electron chi connectivity index (χ4n) is 2.23. The van der Waals surface area contributed by atoms with Crippen molar-refractivity contribution in [2.24, 2.45) is 7.05 Å². The van der Waals surface area contributed by atoms with E-state index in [-0.39, 0.29) is 12.2 Å². The lowest BCUT2D eigenvalue weighted by Crippen LogP contribution is -2.09. The lowest BCUT2D eigenvalue weighted by atomic mass is 10.0. The third-order valence-corrected chi connectivity index (χ3v) is 4.18. The number of benzene rings is 1. The molecule has 1 aromatic heterocycles. The van der Waals surface area contributed by atoms with Crippen LogP contribution < -0.4 is 0 Å². The third kappa shape index (κ3) is 3.05. The Bertz CT molecular complexity index is 642. The van der Waals surface area contributed by atoms with Crippen LogP contribution >= 0.6 is 23.2 Å². The Morgan fingerprint density at radius 3 is 2.20 bits per heavy atom. The minimum atomic E-state index is 0.0826. The first-order chi connectivity index (χ1) is 9.40. The van der Waals surface area contributed by atoms with E-state index in [1.165, 1.54) is 0 Å². The Kier molecular flexibility index (Phi) is 4.51. The molecule has 1 aromatic carbocycles. The van der Waals surface area contributed by atoms with Crippen molar-refractivity contribution in [2.45, 2.75) is 26.7 Å². The van der Waals surface area contributed by atoms with Gasteiger partial charge in [0.1, 0.15) is 5.78 Å². The SMILES string of the molecule is Cc1nn(C)c(C)c1CC(=O)Cc1c(Cl)cccc1Cl. The first-order valence-electron chi connectivity index (χ1n) is 6.33. The third-order valence-electron chi connectivity index (χ3n) is 3.47. The molecule has 0 aliphatic rings. The highest BCUT2D eigenvalue weighted by Crippen LogP contribution is 2.25. The van der Waals surface area contributed by atoms with E-state index < -0.39 is 0 Å². The van der Waals surface area contributed by atoms with Gasteiger partial charge in [-0.1, -0.05) is 29.3 Å². The number of aryl methyl sites for hydroxylation is 2. The summed E-state index contributed by atoms with van der Waals surface area (Å²) < 4.78 is 1.79. The minimum absolute atomic E-state index is 0.0826. The summed E-state index contributed by atoms with van der Waals surface area (Å²) in [6.07, 6.45) is 0.597. The predicted molar refractivity (Wildman–Crippen MR) is 81.6 cm³/mol. The second-order valence-corrected chi connectivity index (χ2v) is 5.68. The Labute approximate surface area is 128 Å². The predicted octanol–water partition coefficient (Wildman–Crippen LogP) is 3.70. The number of ketones is 1. The number of rotatable bonds is 4. The van der Waals surface area contributed by atoms with Crippen molar-refractivity contribution in [1.29, 1.82) is 0 Å². The lowest BCUT2D eigenvalue weighted by molar-refractivity contribution is -0.117. The van der Waals surface area contributed by atoms with Crippen molar-refractivity contribution in [1.82, 2.24) is 9.78 Å². The van der Waals surface area contributed by atoms with Crippen molar-refractivity contribution >= 4 is 29.0 Å². The Balaban J connectivity index is 2.18. The summed E-state index contributed by atoms with van der Waals surface area (Å²) in [5.41, 5.74) is 3.59. The van der Waals surface area contributed by atoms with E-state index in [0.717, 1.165) is 17.0 Å². The van der Waals surface area contributed by atoms with Crippen LogP contribution in [0.2, 0.25) is 10.0 Å². The Hall–Kier alpha value is -1.32. The molecule has 0 unspecified atom stereocenters. The summed E-state index contributed by atoms with van der Waals surface area (Å²) in [6, 6.07) is 5.27. The molecule has 0 spiro atoms. The van der Waals surface area contributed by atoms with Gasteiger partial charge in [-0.2, -0.15) is 5.10 Å². The van der Waals surface area contributed by atoms with Crippen molar-refractivity contribution in [3.63, 3.8) is 0 Å². The van der Waals surface area contributed by atoms with Gasteiger partial charge in [-0.3, -0.25) is 9.48 Å². The fraction of sp³-hybridized carbons (Fsp3) is 0.333. The van der Waals surface area contributed by atoms with E-state index in [4.69, 9.17) is 23.2 Å². The number of hydrogen-bond donors (Lipinski definition) is 0. The molecular formula is C15H16Cl2N2O. The van der Waals surface area contributed by atoms with Crippen LogP contribution in [0.3, 0.4) is 0 Å². The largest absolute Gasteiger partial charge is 0.299 e. The molecule has 0 saturated heterocycles. The highest BCUT2D eigenvalue weighted by Gasteiger charge is 2.16. The minimum Gasteiger partial charge on any atom is -0.299 e. The summed E-state index contributed by atoms with van der Waals surface area (Å²) >= 11 is 12.2. The van der Waals surface area contributed by atoms with Crippen molar-refractivity contribution in [2.75, 3.05) is 0 Å². The second-order valence-electron chi connectivity index (χ2n) is 4.87. The van der Waals surface area contributed by atoms with E-state index in [0.29, 0.717) is 22.0 Å². The van der Waals surface area contributed by atoms with Gasteiger partial charge in [-0.25, -0.2) is 0 Å². The van der Waals surface area contributed by atoms with Gasteiger partial charge in [0.25, 0.3) is 0 Å². The normalized spacial score (nSPS) is 10.8. The topological polar surface area (TPSA) is 34.9 Å². The smallest absolute Gasteiger partial charge is 0.141 e. The van der Waals surface area contributed by atoms with E-state index in [1.54, 1.807) is 22.9 Å². The highest BCUT2D eigenvalue weighted by atomic mass is 35.5. The molecule has 1 heterocycles. The molecule has 0 N–H and O–H groups in total. The maximum atomic E-state index is 12.2. The monoisotopic (exact) mass is 310 g/mol. The molecule has 2 rings (SSSR count). The zero-order valence-electron chi connectivity index (χ0n) is 11.7. The maximum absolute atomic E-state index is 12.2. The number of nitrogens with zero attached hydrogens (tertiary/aromatic N) is 2. The summed E-state index contributed by atoms with van der Waals surface area (Å²) in [6.45, 7) is 3.88. The molecule has 0 saturated carbocycles. The van der Waals surface area contributed by atoms with Crippen LogP contribution in [-0.4, -0.2) is 15.6 Å². The summed E-state index contributed by atoms with van der Waals surface area (Å²) in [5, 5.41) is 5.38. The molecule has 3 nitrogen and oxygen atoms in total. The number of aromatic nitrogens is 2. The number of hydrogen-bond acceptors (Lipinski definition) is 2. The van der Waals surface area contributed by atoms with Crippen LogP contribution in [0.5, 0.6) is 0 Å². The average molecular weight is 311 g/mol. The average Bonchev–Trinajstić information content (AvgIpc) is 2.61.